The lowest BCUT2D eigenvalue weighted by molar-refractivity contribution is -0.137. The normalized spacial score (nSPS) is 10.1. The SMILES string of the molecule is CN(C=O)Cc1ccccc1OCCCCCC(=O)O. The molecule has 0 fully saturated rings. The number of carbonyl (C=O) groups is 2. The van der Waals surface area contributed by atoms with Crippen molar-refractivity contribution in [2.45, 2.75) is 32.2 Å². The van der Waals surface area contributed by atoms with E-state index in [1.54, 1.807) is 11.9 Å². The maximum absolute atomic E-state index is 10.6. The predicted octanol–water partition coefficient (Wildman–Crippen LogP) is 2.30. The summed E-state index contributed by atoms with van der Waals surface area (Å²) >= 11 is 0. The third kappa shape index (κ3) is 6.22. The van der Waals surface area contributed by atoms with Gasteiger partial charge in [-0.2, -0.15) is 0 Å². The van der Waals surface area contributed by atoms with Gasteiger partial charge in [-0.25, -0.2) is 0 Å². The number of carboxylic acids is 1. The average Bonchev–Trinajstić information content (AvgIpc) is 2.43. The lowest BCUT2D eigenvalue weighted by atomic mass is 10.2. The molecule has 0 spiro atoms. The van der Waals surface area contributed by atoms with Gasteiger partial charge in [0.25, 0.3) is 0 Å². The van der Waals surface area contributed by atoms with E-state index >= 15 is 0 Å². The fourth-order valence-corrected chi connectivity index (χ4v) is 1.82. The Balaban J connectivity index is 2.35. The maximum atomic E-state index is 10.6. The minimum Gasteiger partial charge on any atom is -0.493 e. The summed E-state index contributed by atoms with van der Waals surface area (Å²) in [5.74, 6) is 0.0209. The Morgan fingerprint density at radius 2 is 2.05 bits per heavy atom. The van der Waals surface area contributed by atoms with Crippen LogP contribution in [0.1, 0.15) is 31.2 Å². The van der Waals surface area contributed by atoms with Gasteiger partial charge in [0.2, 0.25) is 6.41 Å². The van der Waals surface area contributed by atoms with Crippen molar-refractivity contribution in [3.63, 3.8) is 0 Å². The first-order valence-electron chi connectivity index (χ1n) is 6.71. The largest absolute Gasteiger partial charge is 0.493 e. The van der Waals surface area contributed by atoms with E-state index in [1.165, 1.54) is 0 Å². The van der Waals surface area contributed by atoms with E-state index < -0.39 is 5.97 Å². The molecule has 0 atom stereocenters. The maximum Gasteiger partial charge on any atom is 0.303 e. The topological polar surface area (TPSA) is 66.8 Å². The summed E-state index contributed by atoms with van der Waals surface area (Å²) in [7, 11) is 1.72. The molecule has 0 heterocycles. The second-order valence-corrected chi connectivity index (χ2v) is 4.68. The van der Waals surface area contributed by atoms with Crippen molar-refractivity contribution < 1.29 is 19.4 Å². The highest BCUT2D eigenvalue weighted by Gasteiger charge is 2.05. The van der Waals surface area contributed by atoms with E-state index in [0.29, 0.717) is 19.6 Å². The van der Waals surface area contributed by atoms with E-state index in [0.717, 1.165) is 30.6 Å². The molecule has 5 nitrogen and oxygen atoms in total. The Hall–Kier alpha value is -2.04. The van der Waals surface area contributed by atoms with E-state index in [9.17, 15) is 9.59 Å². The van der Waals surface area contributed by atoms with Gasteiger partial charge in [0.1, 0.15) is 5.75 Å². The van der Waals surface area contributed by atoms with E-state index in [1.807, 2.05) is 24.3 Å². The summed E-state index contributed by atoms with van der Waals surface area (Å²) < 4.78 is 5.70. The highest BCUT2D eigenvalue weighted by atomic mass is 16.5. The Labute approximate surface area is 119 Å². The lowest BCUT2D eigenvalue weighted by Gasteiger charge is -2.15. The van der Waals surface area contributed by atoms with Crippen molar-refractivity contribution in [3.05, 3.63) is 29.8 Å². The Bertz CT molecular complexity index is 434. The van der Waals surface area contributed by atoms with Crippen LogP contribution in [0.2, 0.25) is 0 Å². The van der Waals surface area contributed by atoms with E-state index in [2.05, 4.69) is 0 Å². The van der Waals surface area contributed by atoms with Gasteiger partial charge < -0.3 is 14.7 Å². The molecule has 110 valence electrons. The predicted molar refractivity (Wildman–Crippen MR) is 75.6 cm³/mol. The minimum atomic E-state index is -0.756. The summed E-state index contributed by atoms with van der Waals surface area (Å²) in [6, 6.07) is 7.61. The van der Waals surface area contributed by atoms with Gasteiger partial charge in [-0.3, -0.25) is 9.59 Å². The summed E-state index contributed by atoms with van der Waals surface area (Å²) in [6.45, 7) is 1.07. The van der Waals surface area contributed by atoms with Gasteiger partial charge in [0.15, 0.2) is 0 Å². The third-order valence-electron chi connectivity index (χ3n) is 2.86. The zero-order valence-electron chi connectivity index (χ0n) is 11.7. The molecule has 0 bridgehead atoms. The molecule has 5 heteroatoms. The number of ether oxygens (including phenoxy) is 1. The molecule has 1 amide bonds. The smallest absolute Gasteiger partial charge is 0.303 e. The molecule has 0 aliphatic heterocycles. The van der Waals surface area contributed by atoms with E-state index in [4.69, 9.17) is 9.84 Å². The molecule has 0 aliphatic carbocycles. The molecule has 0 saturated heterocycles. The number of nitrogens with zero attached hydrogens (tertiary/aromatic N) is 1. The Kier molecular flexibility index (Phi) is 7.17. The molecule has 0 aromatic heterocycles. The van der Waals surface area contributed by atoms with Crippen molar-refractivity contribution in [2.75, 3.05) is 13.7 Å². The standard InChI is InChI=1S/C15H21NO4/c1-16(12-17)11-13-7-4-5-8-14(13)20-10-6-2-3-9-15(18)19/h4-5,7-8,12H,2-3,6,9-11H2,1H3,(H,18,19). The van der Waals surface area contributed by atoms with Gasteiger partial charge in [0.05, 0.1) is 6.61 Å². The molecule has 0 unspecified atom stereocenters. The van der Waals surface area contributed by atoms with Gasteiger partial charge in [0, 0.05) is 25.6 Å². The third-order valence-corrected chi connectivity index (χ3v) is 2.86. The molecular weight excluding hydrogens is 258 g/mol. The second kappa shape index (κ2) is 8.96. The van der Waals surface area contributed by atoms with Crippen LogP contribution < -0.4 is 4.74 Å². The van der Waals surface area contributed by atoms with Crippen LogP contribution in [0.5, 0.6) is 5.75 Å². The van der Waals surface area contributed by atoms with Crippen LogP contribution in [-0.2, 0) is 16.1 Å². The Morgan fingerprint density at radius 3 is 2.75 bits per heavy atom. The number of carbonyl (C=O) groups excluding carboxylic acids is 1. The number of unbranched alkanes of at least 4 members (excludes halogenated alkanes) is 2. The lowest BCUT2D eigenvalue weighted by Crippen LogP contribution is -2.15. The highest BCUT2D eigenvalue weighted by Crippen LogP contribution is 2.19. The summed E-state index contributed by atoms with van der Waals surface area (Å²) in [4.78, 5) is 22.6. The molecule has 0 saturated carbocycles. The molecule has 20 heavy (non-hydrogen) atoms. The number of hydrogen-bond acceptors (Lipinski definition) is 3. The van der Waals surface area contributed by atoms with Crippen LogP contribution in [0.25, 0.3) is 0 Å². The zero-order chi connectivity index (χ0) is 14.8. The summed E-state index contributed by atoms with van der Waals surface area (Å²) in [6.07, 6.45) is 3.32. The monoisotopic (exact) mass is 279 g/mol. The first-order chi connectivity index (χ1) is 9.63. The summed E-state index contributed by atoms with van der Waals surface area (Å²) in [5.41, 5.74) is 0.965. The number of carboxylic acid groups (broad SMARTS) is 1. The molecule has 1 aromatic rings. The molecule has 1 N–H and O–H groups in total. The molecule has 0 radical (unpaired) electrons. The van der Waals surface area contributed by atoms with Crippen molar-refractivity contribution in [2.24, 2.45) is 0 Å². The number of amides is 1. The van der Waals surface area contributed by atoms with Crippen LogP contribution in [0.3, 0.4) is 0 Å². The number of benzene rings is 1. The van der Waals surface area contributed by atoms with Crippen LogP contribution in [0, 0.1) is 0 Å². The number of hydrogen-bond donors (Lipinski definition) is 1. The minimum absolute atomic E-state index is 0.209. The molecule has 0 aliphatic rings. The second-order valence-electron chi connectivity index (χ2n) is 4.68. The first kappa shape index (κ1) is 16.0. The van der Waals surface area contributed by atoms with Crippen molar-refractivity contribution in [1.82, 2.24) is 4.90 Å². The molecule has 1 aromatic carbocycles. The van der Waals surface area contributed by atoms with Crippen molar-refractivity contribution >= 4 is 12.4 Å². The zero-order valence-corrected chi connectivity index (χ0v) is 11.7. The van der Waals surface area contributed by atoms with Crippen molar-refractivity contribution in [3.8, 4) is 5.75 Å². The first-order valence-corrected chi connectivity index (χ1v) is 6.71. The van der Waals surface area contributed by atoms with Gasteiger partial charge in [-0.15, -0.1) is 0 Å². The highest BCUT2D eigenvalue weighted by molar-refractivity contribution is 5.66. The van der Waals surface area contributed by atoms with Crippen LogP contribution in [0.15, 0.2) is 24.3 Å². The summed E-state index contributed by atoms with van der Waals surface area (Å²) in [5, 5.41) is 8.53. The van der Waals surface area contributed by atoms with Gasteiger partial charge in [-0.1, -0.05) is 18.2 Å². The van der Waals surface area contributed by atoms with Crippen molar-refractivity contribution in [1.29, 1.82) is 0 Å². The van der Waals surface area contributed by atoms with E-state index in [-0.39, 0.29) is 6.42 Å². The molecule has 1 rings (SSSR count). The van der Waals surface area contributed by atoms with Gasteiger partial charge >= 0.3 is 5.97 Å². The fourth-order valence-electron chi connectivity index (χ4n) is 1.82. The number of rotatable bonds is 10. The van der Waals surface area contributed by atoms with Crippen LogP contribution >= 0.6 is 0 Å². The number of aliphatic carboxylic acids is 1. The quantitative estimate of drug-likeness (QED) is 0.527. The average molecular weight is 279 g/mol. The fraction of sp³-hybridized carbons (Fsp3) is 0.467. The van der Waals surface area contributed by atoms with Crippen LogP contribution in [0.4, 0.5) is 0 Å². The Morgan fingerprint density at radius 1 is 1.30 bits per heavy atom. The van der Waals surface area contributed by atoms with Crippen LogP contribution in [-0.4, -0.2) is 36.0 Å². The van der Waals surface area contributed by atoms with Gasteiger partial charge in [-0.05, 0) is 25.3 Å². The molecular formula is C15H21NO4. The number of para-hydroxylation sites is 1.